The number of fused-ring (bicyclic) bond motifs is 5. The van der Waals surface area contributed by atoms with Gasteiger partial charge in [-0.3, -0.25) is 0 Å². The van der Waals surface area contributed by atoms with Crippen LogP contribution in [0.1, 0.15) is 106 Å². The Hall–Kier alpha value is -0.330. The molecule has 0 bridgehead atoms. The van der Waals surface area contributed by atoms with E-state index in [1.165, 1.54) is 64.1 Å². The SMILES string of the molecule is CC.CC(C)C1CCC2(C)C3CC[C@]4(C)C(CC=O)CCC4[C@@H]3CC[C@@H]2C1. The molecular formula is C26H46O. The van der Waals surface area contributed by atoms with Gasteiger partial charge in [-0.15, -0.1) is 0 Å². The Kier molecular flexibility index (Phi) is 6.49. The predicted molar refractivity (Wildman–Crippen MR) is 116 cm³/mol. The highest BCUT2D eigenvalue weighted by Gasteiger charge is 2.59. The summed E-state index contributed by atoms with van der Waals surface area (Å²) in [5.41, 5.74) is 1.10. The van der Waals surface area contributed by atoms with Gasteiger partial charge < -0.3 is 4.79 Å². The summed E-state index contributed by atoms with van der Waals surface area (Å²) in [6.45, 7) is 14.1. The molecule has 0 aromatic rings. The maximum Gasteiger partial charge on any atom is 0.120 e. The van der Waals surface area contributed by atoms with Crippen molar-refractivity contribution in [2.24, 2.45) is 52.3 Å². The average Bonchev–Trinajstić information content (AvgIpc) is 2.99. The first-order chi connectivity index (χ1) is 12.9. The first-order valence-electron chi connectivity index (χ1n) is 12.3. The van der Waals surface area contributed by atoms with Gasteiger partial charge in [-0.25, -0.2) is 0 Å². The van der Waals surface area contributed by atoms with E-state index in [-0.39, 0.29) is 0 Å². The van der Waals surface area contributed by atoms with Crippen LogP contribution in [0, 0.1) is 52.3 Å². The molecule has 4 aliphatic carbocycles. The standard InChI is InChI=1S/C24H40O.C2H6/c1-16(2)17-9-12-24(4)19(15-17)5-7-20-21-8-6-18(11-14-25)23(21,3)13-10-22(20)24;1-2/h14,16-22H,5-13,15H2,1-4H3;1-2H3/t17?,18?,19-,20+,21?,22?,23-,24?;/m1./s1. The Morgan fingerprint density at radius 1 is 0.889 bits per heavy atom. The minimum absolute atomic E-state index is 0.473. The molecule has 4 aliphatic rings. The van der Waals surface area contributed by atoms with E-state index < -0.39 is 0 Å². The van der Waals surface area contributed by atoms with Crippen LogP contribution in [0.4, 0.5) is 0 Å². The van der Waals surface area contributed by atoms with Crippen molar-refractivity contribution in [2.45, 2.75) is 106 Å². The van der Waals surface area contributed by atoms with Gasteiger partial charge in [0.1, 0.15) is 6.29 Å². The van der Waals surface area contributed by atoms with E-state index >= 15 is 0 Å². The lowest BCUT2D eigenvalue weighted by molar-refractivity contribution is -0.124. The number of hydrogen-bond acceptors (Lipinski definition) is 1. The Balaban J connectivity index is 0.00000102. The molecule has 0 spiro atoms. The normalized spacial score (nSPS) is 48.7. The molecule has 4 fully saturated rings. The summed E-state index contributed by atoms with van der Waals surface area (Å²) in [5, 5.41) is 0. The Morgan fingerprint density at radius 3 is 2.22 bits per heavy atom. The molecule has 8 atom stereocenters. The molecule has 4 rings (SSSR count). The molecule has 1 heteroatoms. The predicted octanol–water partition coefficient (Wildman–Crippen LogP) is 7.53. The summed E-state index contributed by atoms with van der Waals surface area (Å²) in [7, 11) is 0. The minimum atomic E-state index is 0.473. The van der Waals surface area contributed by atoms with Gasteiger partial charge in [-0.05, 0) is 110 Å². The molecule has 1 nitrogen and oxygen atoms in total. The van der Waals surface area contributed by atoms with Crippen LogP contribution in [-0.2, 0) is 4.79 Å². The van der Waals surface area contributed by atoms with Crippen molar-refractivity contribution in [3.8, 4) is 0 Å². The molecule has 0 radical (unpaired) electrons. The van der Waals surface area contributed by atoms with Gasteiger partial charge >= 0.3 is 0 Å². The van der Waals surface area contributed by atoms with Gasteiger partial charge in [-0.1, -0.05) is 41.5 Å². The summed E-state index contributed by atoms with van der Waals surface area (Å²) in [5.74, 6) is 6.38. The second-order valence-electron chi connectivity index (χ2n) is 11.2. The molecule has 156 valence electrons. The van der Waals surface area contributed by atoms with E-state index in [0.29, 0.717) is 16.7 Å². The zero-order valence-corrected chi connectivity index (χ0v) is 19.1. The summed E-state index contributed by atoms with van der Waals surface area (Å²) < 4.78 is 0. The smallest absolute Gasteiger partial charge is 0.120 e. The number of carbonyl (C=O) groups excluding carboxylic acids is 1. The van der Waals surface area contributed by atoms with Crippen molar-refractivity contribution in [2.75, 3.05) is 0 Å². The van der Waals surface area contributed by atoms with E-state index in [1.54, 1.807) is 0 Å². The number of carbonyl (C=O) groups is 1. The van der Waals surface area contributed by atoms with Crippen LogP contribution in [0.15, 0.2) is 0 Å². The second kappa shape index (κ2) is 8.19. The van der Waals surface area contributed by atoms with Gasteiger partial charge in [0.2, 0.25) is 0 Å². The van der Waals surface area contributed by atoms with Crippen LogP contribution in [0.5, 0.6) is 0 Å². The fraction of sp³-hybridized carbons (Fsp3) is 0.962. The lowest BCUT2D eigenvalue weighted by Crippen LogP contribution is -2.53. The first kappa shape index (κ1) is 21.4. The van der Waals surface area contributed by atoms with E-state index in [4.69, 9.17) is 0 Å². The molecule has 0 aliphatic heterocycles. The highest BCUT2D eigenvalue weighted by molar-refractivity contribution is 5.50. The average molecular weight is 375 g/mol. The minimum Gasteiger partial charge on any atom is -0.303 e. The Morgan fingerprint density at radius 2 is 1.56 bits per heavy atom. The molecule has 0 aromatic carbocycles. The van der Waals surface area contributed by atoms with Crippen molar-refractivity contribution < 1.29 is 4.79 Å². The number of hydrogen-bond donors (Lipinski definition) is 0. The van der Waals surface area contributed by atoms with Crippen molar-refractivity contribution >= 4 is 6.29 Å². The quantitative estimate of drug-likeness (QED) is 0.466. The van der Waals surface area contributed by atoms with Crippen LogP contribution < -0.4 is 0 Å². The van der Waals surface area contributed by atoms with Gasteiger partial charge in [0.05, 0.1) is 0 Å². The highest BCUT2D eigenvalue weighted by Crippen LogP contribution is 2.68. The van der Waals surface area contributed by atoms with Gasteiger partial charge in [0, 0.05) is 6.42 Å². The summed E-state index contributed by atoms with van der Waals surface area (Å²) in [6.07, 6.45) is 15.1. The summed E-state index contributed by atoms with van der Waals surface area (Å²) >= 11 is 0. The van der Waals surface area contributed by atoms with Gasteiger partial charge in [0.15, 0.2) is 0 Å². The van der Waals surface area contributed by atoms with Crippen LogP contribution in [0.3, 0.4) is 0 Å². The summed E-state index contributed by atoms with van der Waals surface area (Å²) in [4.78, 5) is 11.2. The molecular weight excluding hydrogens is 328 g/mol. The van der Waals surface area contributed by atoms with Crippen LogP contribution in [0.25, 0.3) is 0 Å². The number of aldehydes is 1. The van der Waals surface area contributed by atoms with Crippen LogP contribution >= 0.6 is 0 Å². The molecule has 0 N–H and O–H groups in total. The lowest BCUT2D eigenvalue weighted by Gasteiger charge is -2.61. The molecule has 0 saturated heterocycles. The van der Waals surface area contributed by atoms with E-state index in [1.807, 2.05) is 13.8 Å². The fourth-order valence-electron chi connectivity index (χ4n) is 8.51. The monoisotopic (exact) mass is 374 g/mol. The molecule has 0 amide bonds. The molecule has 0 heterocycles. The fourth-order valence-corrected chi connectivity index (χ4v) is 8.51. The van der Waals surface area contributed by atoms with E-state index in [9.17, 15) is 4.79 Å². The largest absolute Gasteiger partial charge is 0.303 e. The maximum absolute atomic E-state index is 11.2. The maximum atomic E-state index is 11.2. The lowest BCUT2D eigenvalue weighted by atomic mass is 9.44. The third-order valence-corrected chi connectivity index (χ3v) is 10.2. The second-order valence-corrected chi connectivity index (χ2v) is 11.2. The third-order valence-electron chi connectivity index (χ3n) is 10.2. The van der Waals surface area contributed by atoms with Crippen molar-refractivity contribution in [1.29, 1.82) is 0 Å². The van der Waals surface area contributed by atoms with Crippen molar-refractivity contribution in [3.05, 3.63) is 0 Å². The number of rotatable bonds is 3. The first-order valence-corrected chi connectivity index (χ1v) is 12.3. The zero-order chi connectivity index (χ0) is 19.8. The highest BCUT2D eigenvalue weighted by atomic mass is 16.1. The van der Waals surface area contributed by atoms with E-state index in [0.717, 1.165) is 41.9 Å². The van der Waals surface area contributed by atoms with Crippen molar-refractivity contribution in [3.63, 3.8) is 0 Å². The molecule has 5 unspecified atom stereocenters. The van der Waals surface area contributed by atoms with Crippen LogP contribution in [0.2, 0.25) is 0 Å². The Bertz CT molecular complexity index is 510. The van der Waals surface area contributed by atoms with Crippen LogP contribution in [-0.4, -0.2) is 6.29 Å². The molecule has 0 aromatic heterocycles. The van der Waals surface area contributed by atoms with Gasteiger partial charge in [0.25, 0.3) is 0 Å². The summed E-state index contributed by atoms with van der Waals surface area (Å²) in [6, 6.07) is 0. The zero-order valence-electron chi connectivity index (χ0n) is 19.1. The Labute approximate surface area is 169 Å². The molecule has 4 saturated carbocycles. The van der Waals surface area contributed by atoms with Crippen molar-refractivity contribution in [1.82, 2.24) is 0 Å². The third kappa shape index (κ3) is 3.44. The molecule has 27 heavy (non-hydrogen) atoms. The van der Waals surface area contributed by atoms with E-state index in [2.05, 4.69) is 27.7 Å². The topological polar surface area (TPSA) is 17.1 Å². The van der Waals surface area contributed by atoms with Gasteiger partial charge in [-0.2, -0.15) is 0 Å².